The van der Waals surface area contributed by atoms with Crippen molar-refractivity contribution in [1.29, 1.82) is 0 Å². The molecule has 0 aliphatic rings. The first-order valence-electron chi connectivity index (χ1n) is 7.78. The lowest BCUT2D eigenvalue weighted by molar-refractivity contribution is -0.139. The molecule has 1 amide bonds. The lowest BCUT2D eigenvalue weighted by Gasteiger charge is -2.28. The monoisotopic (exact) mass is 346 g/mol. The Labute approximate surface area is 145 Å². The van der Waals surface area contributed by atoms with Crippen LogP contribution in [0.3, 0.4) is 0 Å². The van der Waals surface area contributed by atoms with E-state index in [9.17, 15) is 9.59 Å². The molecule has 1 unspecified atom stereocenters. The summed E-state index contributed by atoms with van der Waals surface area (Å²) in [7, 11) is 1.45. The van der Waals surface area contributed by atoms with Crippen molar-refractivity contribution in [3.8, 4) is 5.69 Å². The Bertz CT molecular complexity index is 787. The minimum Gasteiger partial charge on any atom is -0.481 e. The summed E-state index contributed by atoms with van der Waals surface area (Å²) < 4.78 is 6.62. The van der Waals surface area contributed by atoms with Crippen LogP contribution in [0.4, 0.5) is 0 Å². The number of carboxylic acids is 1. The number of hydrogen-bond acceptors (Lipinski definition) is 5. The number of ether oxygens (including phenoxy) is 1. The zero-order valence-electron chi connectivity index (χ0n) is 14.7. The number of benzene rings is 1. The van der Waals surface area contributed by atoms with Gasteiger partial charge in [-0.1, -0.05) is 17.3 Å². The van der Waals surface area contributed by atoms with Crippen molar-refractivity contribution in [3.05, 3.63) is 41.2 Å². The van der Waals surface area contributed by atoms with E-state index in [0.29, 0.717) is 5.69 Å². The van der Waals surface area contributed by atoms with E-state index in [0.717, 1.165) is 11.3 Å². The minimum atomic E-state index is -1.04. The molecule has 0 saturated carbocycles. The number of nitrogens with zero attached hydrogens (tertiary/aromatic N) is 3. The molecule has 0 saturated heterocycles. The Balaban J connectivity index is 2.27. The molecule has 2 rings (SSSR count). The summed E-state index contributed by atoms with van der Waals surface area (Å²) in [6.45, 7) is 5.38. The molecule has 8 nitrogen and oxygen atoms in total. The van der Waals surface area contributed by atoms with Gasteiger partial charge in [0.15, 0.2) is 5.69 Å². The number of carbonyl (C=O) groups excluding carboxylic acids is 1. The number of carbonyl (C=O) groups is 2. The van der Waals surface area contributed by atoms with Crippen LogP contribution in [0, 0.1) is 13.8 Å². The van der Waals surface area contributed by atoms with Crippen LogP contribution in [0.25, 0.3) is 5.69 Å². The third kappa shape index (κ3) is 4.42. The summed E-state index contributed by atoms with van der Waals surface area (Å²) in [5, 5.41) is 19.8. The third-order valence-electron chi connectivity index (χ3n) is 3.78. The molecule has 1 aromatic carbocycles. The van der Waals surface area contributed by atoms with Gasteiger partial charge in [-0.3, -0.25) is 9.59 Å². The van der Waals surface area contributed by atoms with Gasteiger partial charge in [0.25, 0.3) is 5.91 Å². The van der Waals surface area contributed by atoms with Gasteiger partial charge in [-0.2, -0.15) is 0 Å². The summed E-state index contributed by atoms with van der Waals surface area (Å²) >= 11 is 0. The van der Waals surface area contributed by atoms with E-state index in [1.54, 1.807) is 18.5 Å². The zero-order valence-corrected chi connectivity index (χ0v) is 14.7. The van der Waals surface area contributed by atoms with Gasteiger partial charge in [0.05, 0.1) is 29.9 Å². The molecule has 0 aliphatic heterocycles. The second kappa shape index (κ2) is 7.43. The number of hydrogen-bond donors (Lipinski definition) is 2. The number of aliphatic carboxylic acids is 1. The quantitative estimate of drug-likeness (QED) is 0.787. The summed E-state index contributed by atoms with van der Waals surface area (Å²) in [5.74, 6) is -1.52. The van der Waals surface area contributed by atoms with Gasteiger partial charge >= 0.3 is 5.97 Å². The average molecular weight is 346 g/mol. The van der Waals surface area contributed by atoms with E-state index in [4.69, 9.17) is 9.84 Å². The number of carboxylic acid groups (broad SMARTS) is 1. The van der Waals surface area contributed by atoms with Crippen molar-refractivity contribution in [2.75, 3.05) is 13.7 Å². The number of amides is 1. The minimum absolute atomic E-state index is 0.0656. The van der Waals surface area contributed by atoms with Crippen LogP contribution in [-0.2, 0) is 9.53 Å². The highest BCUT2D eigenvalue weighted by molar-refractivity contribution is 5.94. The summed E-state index contributed by atoms with van der Waals surface area (Å²) in [6.07, 6.45) is -0.266. The molecule has 8 heteroatoms. The first kappa shape index (κ1) is 18.6. The molecule has 0 spiro atoms. The Morgan fingerprint density at radius 3 is 2.68 bits per heavy atom. The smallest absolute Gasteiger partial charge is 0.305 e. The fourth-order valence-corrected chi connectivity index (χ4v) is 2.66. The van der Waals surface area contributed by atoms with Crippen LogP contribution in [-0.4, -0.2) is 51.2 Å². The van der Waals surface area contributed by atoms with Crippen LogP contribution < -0.4 is 5.32 Å². The second-order valence-corrected chi connectivity index (χ2v) is 6.29. The normalized spacial score (nSPS) is 13.3. The predicted molar refractivity (Wildman–Crippen MR) is 90.8 cm³/mol. The van der Waals surface area contributed by atoms with Gasteiger partial charge < -0.3 is 15.2 Å². The SMILES string of the molecule is COCC(C)(CC(=O)O)NC(=O)c1nnn(-c2cccc(C)c2)c1C. The fraction of sp³-hybridized carbons (Fsp3) is 0.412. The van der Waals surface area contributed by atoms with Crippen LogP contribution in [0.5, 0.6) is 0 Å². The highest BCUT2D eigenvalue weighted by Gasteiger charge is 2.31. The van der Waals surface area contributed by atoms with E-state index in [1.165, 1.54) is 7.11 Å². The Hall–Kier alpha value is -2.74. The van der Waals surface area contributed by atoms with Gasteiger partial charge in [-0.05, 0) is 38.5 Å². The van der Waals surface area contributed by atoms with Crippen molar-refractivity contribution in [1.82, 2.24) is 20.3 Å². The Morgan fingerprint density at radius 2 is 2.08 bits per heavy atom. The zero-order chi connectivity index (χ0) is 18.6. The predicted octanol–water partition coefficient (Wildman–Crippen LogP) is 1.49. The van der Waals surface area contributed by atoms with Crippen LogP contribution in [0.1, 0.15) is 35.1 Å². The molecular formula is C17H22N4O4. The molecule has 25 heavy (non-hydrogen) atoms. The Morgan fingerprint density at radius 1 is 1.36 bits per heavy atom. The van der Waals surface area contributed by atoms with Gasteiger partial charge in [-0.15, -0.1) is 5.10 Å². The van der Waals surface area contributed by atoms with Gasteiger partial charge in [-0.25, -0.2) is 4.68 Å². The van der Waals surface area contributed by atoms with E-state index in [1.807, 2.05) is 31.2 Å². The topological polar surface area (TPSA) is 106 Å². The van der Waals surface area contributed by atoms with Crippen molar-refractivity contribution in [2.24, 2.45) is 0 Å². The first-order valence-corrected chi connectivity index (χ1v) is 7.78. The maximum Gasteiger partial charge on any atom is 0.305 e. The Kier molecular flexibility index (Phi) is 5.53. The summed E-state index contributed by atoms with van der Waals surface area (Å²) in [6, 6.07) is 7.66. The lowest BCUT2D eigenvalue weighted by Crippen LogP contribution is -2.51. The molecule has 2 N–H and O–H groups in total. The maximum atomic E-state index is 12.6. The number of methoxy groups -OCH3 is 1. The van der Waals surface area contributed by atoms with E-state index in [-0.39, 0.29) is 18.7 Å². The lowest BCUT2D eigenvalue weighted by atomic mass is 9.98. The standard InChI is InChI=1S/C17H22N4O4/c1-11-6-5-7-13(8-11)21-12(2)15(19-20-21)16(24)18-17(3,10-25-4)9-14(22)23/h5-8H,9-10H2,1-4H3,(H,18,24)(H,22,23). The van der Waals surface area contributed by atoms with Crippen LogP contribution in [0.2, 0.25) is 0 Å². The van der Waals surface area contributed by atoms with Gasteiger partial charge in [0.2, 0.25) is 0 Å². The number of aromatic nitrogens is 3. The molecule has 0 fully saturated rings. The number of aryl methyl sites for hydroxylation is 1. The third-order valence-corrected chi connectivity index (χ3v) is 3.78. The fourth-order valence-electron chi connectivity index (χ4n) is 2.66. The van der Waals surface area contributed by atoms with E-state index in [2.05, 4.69) is 15.6 Å². The van der Waals surface area contributed by atoms with E-state index < -0.39 is 17.4 Å². The largest absolute Gasteiger partial charge is 0.481 e. The van der Waals surface area contributed by atoms with Crippen molar-refractivity contribution in [3.63, 3.8) is 0 Å². The summed E-state index contributed by atoms with van der Waals surface area (Å²) in [4.78, 5) is 23.6. The maximum absolute atomic E-state index is 12.6. The number of rotatable bonds is 7. The van der Waals surface area contributed by atoms with Crippen LogP contribution >= 0.6 is 0 Å². The highest BCUT2D eigenvalue weighted by atomic mass is 16.5. The molecule has 134 valence electrons. The van der Waals surface area contributed by atoms with Gasteiger partial charge in [0, 0.05) is 7.11 Å². The second-order valence-electron chi connectivity index (χ2n) is 6.29. The van der Waals surface area contributed by atoms with Crippen LogP contribution in [0.15, 0.2) is 24.3 Å². The van der Waals surface area contributed by atoms with Crippen molar-refractivity contribution >= 4 is 11.9 Å². The first-order chi connectivity index (χ1) is 11.8. The molecule has 1 atom stereocenters. The highest BCUT2D eigenvalue weighted by Crippen LogP contribution is 2.16. The van der Waals surface area contributed by atoms with Gasteiger partial charge in [0.1, 0.15) is 0 Å². The molecular weight excluding hydrogens is 324 g/mol. The average Bonchev–Trinajstić information content (AvgIpc) is 2.88. The molecule has 1 aromatic heterocycles. The summed E-state index contributed by atoms with van der Waals surface area (Å²) in [5.41, 5.74) is 1.53. The number of nitrogens with one attached hydrogen (secondary N) is 1. The molecule has 2 aromatic rings. The molecule has 1 heterocycles. The molecule has 0 radical (unpaired) electrons. The molecule has 0 bridgehead atoms. The molecule has 0 aliphatic carbocycles. The van der Waals surface area contributed by atoms with E-state index >= 15 is 0 Å². The van der Waals surface area contributed by atoms with Crippen molar-refractivity contribution < 1.29 is 19.4 Å². The van der Waals surface area contributed by atoms with Crippen molar-refractivity contribution in [2.45, 2.75) is 32.7 Å².